The summed E-state index contributed by atoms with van der Waals surface area (Å²) in [4.78, 5) is 45.1. The molecule has 69 heavy (non-hydrogen) atoms. The largest absolute Gasteiger partial charge is 0.489 e. The number of piperazine rings is 2. The Bertz CT molecular complexity index is 2930. The molecule has 0 spiro atoms. The standard InChI is InChI=1S/C50H59ClN10O7S/c1-32-28-60(44-23-34-12-14-52-47(34)54-49(44)68-32)42-24-38(59-21-19-57(20-22-59)29-35-11-13-50(2,3)27-41(35)33-5-7-36(51)8-6-33)9-10-40(42)48(62)55-69(65,66)39-25-43(61(63)64)46-45(26-39)67-31-37(53-46)30-58-17-15-56(4)16-18-58/h5-10,12,14,23-26,32,37,53H,11,13,15-22,27-31H2,1-4H3,(H,52,54)(H,55,62)/t32-,37-/m1/s1. The number of amides is 1. The lowest BCUT2D eigenvalue weighted by Crippen LogP contribution is -2.50. The van der Waals surface area contributed by atoms with Crippen molar-refractivity contribution in [1.82, 2.24) is 29.4 Å². The van der Waals surface area contributed by atoms with Gasteiger partial charge in [0.1, 0.15) is 24.0 Å². The Morgan fingerprint density at radius 2 is 1.72 bits per heavy atom. The van der Waals surface area contributed by atoms with Gasteiger partial charge in [-0.25, -0.2) is 13.1 Å². The van der Waals surface area contributed by atoms with E-state index < -0.39 is 31.4 Å². The normalized spacial score (nSPS) is 21.2. The number of likely N-dealkylation sites (N-methyl/N-ethyl adjacent to an activating group) is 1. The first-order chi connectivity index (χ1) is 33.1. The Kier molecular flexibility index (Phi) is 12.7. The highest BCUT2D eigenvalue weighted by Crippen LogP contribution is 2.45. The molecule has 0 saturated carbocycles. The van der Waals surface area contributed by atoms with E-state index in [1.807, 2.05) is 48.2 Å². The molecule has 17 nitrogen and oxygen atoms in total. The molecule has 2 aromatic heterocycles. The molecule has 3 aromatic carbocycles. The number of aromatic amines is 1. The third-order valence-electron chi connectivity index (χ3n) is 14.2. The maximum absolute atomic E-state index is 14.5. The molecule has 2 saturated heterocycles. The molecule has 5 aliphatic rings. The number of H-pyrrole nitrogens is 1. The molecule has 19 heteroatoms. The van der Waals surface area contributed by atoms with E-state index in [9.17, 15) is 23.3 Å². The Morgan fingerprint density at radius 3 is 2.48 bits per heavy atom. The minimum absolute atomic E-state index is 0.0284. The molecule has 2 atom stereocenters. The predicted molar refractivity (Wildman–Crippen MR) is 269 cm³/mol. The number of ether oxygens (including phenoxy) is 2. The van der Waals surface area contributed by atoms with Crippen molar-refractivity contribution in [2.75, 3.05) is 101 Å². The number of nitro benzene ring substituents is 1. The smallest absolute Gasteiger partial charge is 0.297 e. The van der Waals surface area contributed by atoms with Gasteiger partial charge in [0.15, 0.2) is 11.4 Å². The van der Waals surface area contributed by atoms with Crippen LogP contribution in [0, 0.1) is 15.5 Å². The predicted octanol–water partition coefficient (Wildman–Crippen LogP) is 7.37. The number of allylic oxidation sites excluding steroid dienone is 1. The van der Waals surface area contributed by atoms with Gasteiger partial charge in [-0.15, -0.1) is 0 Å². The van der Waals surface area contributed by atoms with Gasteiger partial charge in [-0.05, 0) is 92.2 Å². The lowest BCUT2D eigenvalue weighted by atomic mass is 9.72. The molecule has 0 bridgehead atoms. The van der Waals surface area contributed by atoms with Crippen molar-refractivity contribution >= 4 is 72.6 Å². The number of carbonyl (C=O) groups excluding carboxylic acids is 1. The van der Waals surface area contributed by atoms with Crippen LogP contribution in [0.3, 0.4) is 0 Å². The Morgan fingerprint density at radius 1 is 0.971 bits per heavy atom. The molecule has 5 aromatic rings. The summed E-state index contributed by atoms with van der Waals surface area (Å²) in [5, 5.41) is 17.3. The van der Waals surface area contributed by atoms with Crippen molar-refractivity contribution in [2.24, 2.45) is 5.41 Å². The third-order valence-corrected chi connectivity index (χ3v) is 15.8. The van der Waals surface area contributed by atoms with Crippen LogP contribution < -0.4 is 29.3 Å². The second-order valence-electron chi connectivity index (χ2n) is 19.9. The molecule has 3 N–H and O–H groups in total. The Balaban J connectivity index is 0.921. The number of fused-ring (bicyclic) bond motifs is 3. The van der Waals surface area contributed by atoms with E-state index in [2.05, 4.69) is 67.7 Å². The first-order valence-electron chi connectivity index (χ1n) is 23.8. The number of nitrogens with one attached hydrogen (secondary N) is 3. The van der Waals surface area contributed by atoms with Crippen LogP contribution >= 0.6 is 11.6 Å². The fraction of sp³-hybridized carbons (Fsp3) is 0.440. The highest BCUT2D eigenvalue weighted by molar-refractivity contribution is 7.90. The quantitative estimate of drug-likeness (QED) is 0.0882. The van der Waals surface area contributed by atoms with Crippen molar-refractivity contribution in [3.05, 3.63) is 105 Å². The van der Waals surface area contributed by atoms with E-state index in [1.54, 1.807) is 12.3 Å². The minimum Gasteiger partial charge on any atom is -0.489 e. The molecule has 0 radical (unpaired) electrons. The molecule has 10 rings (SSSR count). The van der Waals surface area contributed by atoms with Gasteiger partial charge in [-0.1, -0.05) is 43.2 Å². The van der Waals surface area contributed by atoms with E-state index in [1.165, 1.54) is 22.8 Å². The average Bonchev–Trinajstić information content (AvgIpc) is 3.79. The van der Waals surface area contributed by atoms with Crippen molar-refractivity contribution in [3.8, 4) is 11.6 Å². The third kappa shape index (κ3) is 9.95. The molecule has 6 heterocycles. The molecule has 0 unspecified atom stereocenters. The van der Waals surface area contributed by atoms with Gasteiger partial charge in [0.05, 0.1) is 33.7 Å². The second kappa shape index (κ2) is 18.8. The number of nitro groups is 1. The number of benzene rings is 3. The van der Waals surface area contributed by atoms with Crippen molar-refractivity contribution in [3.63, 3.8) is 0 Å². The first-order valence-corrected chi connectivity index (χ1v) is 25.6. The lowest BCUT2D eigenvalue weighted by Gasteiger charge is -2.40. The highest BCUT2D eigenvalue weighted by atomic mass is 35.5. The van der Waals surface area contributed by atoms with Gasteiger partial charge in [0.25, 0.3) is 21.6 Å². The maximum Gasteiger partial charge on any atom is 0.297 e. The number of halogens is 1. The zero-order chi connectivity index (χ0) is 48.2. The molecule has 1 amide bonds. The van der Waals surface area contributed by atoms with Gasteiger partial charge < -0.3 is 34.5 Å². The van der Waals surface area contributed by atoms with Crippen molar-refractivity contribution in [1.29, 1.82) is 0 Å². The number of hydrogen-bond acceptors (Lipinski definition) is 14. The summed E-state index contributed by atoms with van der Waals surface area (Å²) in [5.74, 6) is -0.494. The summed E-state index contributed by atoms with van der Waals surface area (Å²) in [6.07, 6.45) is 4.65. The first kappa shape index (κ1) is 46.8. The summed E-state index contributed by atoms with van der Waals surface area (Å²) in [6.45, 7) is 15.3. The summed E-state index contributed by atoms with van der Waals surface area (Å²) in [6, 6.07) is 19.5. The molecule has 364 valence electrons. The molecule has 4 aliphatic heterocycles. The van der Waals surface area contributed by atoms with Crippen LogP contribution in [0.5, 0.6) is 11.6 Å². The number of hydrogen-bond donors (Lipinski definition) is 3. The zero-order valence-electron chi connectivity index (χ0n) is 39.5. The summed E-state index contributed by atoms with van der Waals surface area (Å²) >= 11 is 6.28. The van der Waals surface area contributed by atoms with Gasteiger partial charge in [-0.3, -0.25) is 24.7 Å². The molecule has 1 aliphatic carbocycles. The van der Waals surface area contributed by atoms with E-state index in [4.69, 9.17) is 26.1 Å². The van der Waals surface area contributed by atoms with Crippen LogP contribution in [0.1, 0.15) is 56.0 Å². The number of rotatable bonds is 11. The summed E-state index contributed by atoms with van der Waals surface area (Å²) in [7, 11) is -2.60. The minimum atomic E-state index is -4.67. The second-order valence-corrected chi connectivity index (χ2v) is 22.0. The van der Waals surface area contributed by atoms with Gasteiger partial charge in [0, 0.05) is 99.9 Å². The van der Waals surface area contributed by atoms with Crippen LogP contribution in [0.15, 0.2) is 83.4 Å². The Labute approximate surface area is 407 Å². The van der Waals surface area contributed by atoms with Crippen LogP contribution in [-0.4, -0.2) is 142 Å². The molecule has 2 fully saturated rings. The van der Waals surface area contributed by atoms with E-state index in [0.717, 1.165) is 100 Å². The summed E-state index contributed by atoms with van der Waals surface area (Å²) in [5.41, 5.74) is 6.70. The number of sulfonamides is 1. The number of nitrogens with zero attached hydrogens (tertiary/aromatic N) is 7. The number of anilines is 4. The lowest BCUT2D eigenvalue weighted by molar-refractivity contribution is -0.384. The van der Waals surface area contributed by atoms with E-state index >= 15 is 0 Å². The monoisotopic (exact) mass is 978 g/mol. The fourth-order valence-electron chi connectivity index (χ4n) is 10.3. The topological polar surface area (TPSA) is 182 Å². The van der Waals surface area contributed by atoms with Crippen LogP contribution in [0.2, 0.25) is 5.02 Å². The highest BCUT2D eigenvalue weighted by Gasteiger charge is 2.36. The fourth-order valence-corrected chi connectivity index (χ4v) is 11.4. The van der Waals surface area contributed by atoms with Crippen LogP contribution in [0.4, 0.5) is 28.4 Å². The number of pyridine rings is 1. The van der Waals surface area contributed by atoms with Gasteiger partial charge in [-0.2, -0.15) is 4.98 Å². The number of carbonyl (C=O) groups is 1. The molecular formula is C50H59ClN10O7S. The molecular weight excluding hydrogens is 920 g/mol. The van der Waals surface area contributed by atoms with Crippen molar-refractivity contribution < 1.29 is 27.6 Å². The van der Waals surface area contributed by atoms with E-state index in [0.29, 0.717) is 36.0 Å². The average molecular weight is 980 g/mol. The van der Waals surface area contributed by atoms with Gasteiger partial charge >= 0.3 is 0 Å². The zero-order valence-corrected chi connectivity index (χ0v) is 41.0. The Hall–Kier alpha value is -5.92. The maximum atomic E-state index is 14.5. The van der Waals surface area contributed by atoms with Gasteiger partial charge in [0.2, 0.25) is 5.88 Å². The SMILES string of the molecule is C[C@@H]1CN(c2cc(N3CCN(CC4=C(c5ccc(Cl)cc5)CC(C)(C)CC4)CC3)ccc2C(=O)NS(=O)(=O)c2cc3c(c([N+](=O)[O-])c2)N[C@H](CN2CCN(C)CC2)CO3)c2cc3cc[nH]c3nc2O1. The van der Waals surface area contributed by atoms with Crippen LogP contribution in [0.25, 0.3) is 16.6 Å². The number of aromatic nitrogens is 2. The summed E-state index contributed by atoms with van der Waals surface area (Å²) < 4.78 is 42.9. The van der Waals surface area contributed by atoms with Crippen molar-refractivity contribution in [2.45, 2.75) is 57.1 Å². The van der Waals surface area contributed by atoms with Crippen LogP contribution in [-0.2, 0) is 10.0 Å². The van der Waals surface area contributed by atoms with E-state index in [-0.39, 0.29) is 41.2 Å².